The Hall–Kier alpha value is -1.44. The standard InChI is InChI=1S/C15H22N2O4S/c1-11(18)16-13-7-5-12(6-8-13)15(9-21-10-15)17-22(19,20)14(2,3)4/h5-8,17H,9-10H2,1-4H3,(H,16,18). The average molecular weight is 326 g/mol. The van der Waals surface area contributed by atoms with E-state index in [-0.39, 0.29) is 5.91 Å². The zero-order valence-corrected chi connectivity index (χ0v) is 14.1. The minimum atomic E-state index is -3.49. The van der Waals surface area contributed by atoms with E-state index in [4.69, 9.17) is 4.74 Å². The van der Waals surface area contributed by atoms with Crippen LogP contribution >= 0.6 is 0 Å². The van der Waals surface area contributed by atoms with Gasteiger partial charge in [0.05, 0.1) is 18.0 Å². The Morgan fingerprint density at radius 2 is 1.73 bits per heavy atom. The molecule has 22 heavy (non-hydrogen) atoms. The molecule has 0 aliphatic carbocycles. The minimum absolute atomic E-state index is 0.150. The third-order valence-corrected chi connectivity index (χ3v) is 5.86. The van der Waals surface area contributed by atoms with Crippen LogP contribution in [-0.4, -0.2) is 32.3 Å². The highest BCUT2D eigenvalue weighted by molar-refractivity contribution is 7.90. The van der Waals surface area contributed by atoms with Crippen molar-refractivity contribution in [2.24, 2.45) is 0 Å². The summed E-state index contributed by atoms with van der Waals surface area (Å²) in [6.45, 7) is 6.99. The van der Waals surface area contributed by atoms with Gasteiger partial charge in [0.2, 0.25) is 15.9 Å². The first kappa shape index (κ1) is 16.9. The highest BCUT2D eigenvalue weighted by atomic mass is 32.2. The highest BCUT2D eigenvalue weighted by Crippen LogP contribution is 2.33. The molecule has 7 heteroatoms. The summed E-state index contributed by atoms with van der Waals surface area (Å²) in [4.78, 5) is 11.0. The van der Waals surface area contributed by atoms with E-state index in [1.807, 2.05) is 0 Å². The van der Waals surface area contributed by atoms with Crippen LogP contribution in [0.4, 0.5) is 5.69 Å². The Morgan fingerprint density at radius 3 is 2.09 bits per heavy atom. The molecule has 2 rings (SSSR count). The summed E-state index contributed by atoms with van der Waals surface area (Å²) in [7, 11) is -3.49. The lowest BCUT2D eigenvalue weighted by Crippen LogP contribution is -2.61. The topological polar surface area (TPSA) is 84.5 Å². The second-order valence-corrected chi connectivity index (χ2v) is 8.99. The fourth-order valence-corrected chi connectivity index (χ4v) is 3.13. The number of nitrogens with one attached hydrogen (secondary N) is 2. The van der Waals surface area contributed by atoms with Crippen molar-refractivity contribution in [1.82, 2.24) is 4.72 Å². The van der Waals surface area contributed by atoms with E-state index in [1.54, 1.807) is 45.0 Å². The number of rotatable bonds is 4. The van der Waals surface area contributed by atoms with E-state index < -0.39 is 20.3 Å². The fraction of sp³-hybridized carbons (Fsp3) is 0.533. The van der Waals surface area contributed by atoms with Crippen molar-refractivity contribution in [3.63, 3.8) is 0 Å². The molecule has 1 fully saturated rings. The summed E-state index contributed by atoms with van der Waals surface area (Å²) < 4.78 is 32.0. The van der Waals surface area contributed by atoms with Gasteiger partial charge in [0, 0.05) is 12.6 Å². The molecule has 0 spiro atoms. The molecule has 1 aliphatic heterocycles. The summed E-state index contributed by atoms with van der Waals surface area (Å²) in [5.74, 6) is -0.150. The van der Waals surface area contributed by atoms with E-state index in [9.17, 15) is 13.2 Å². The van der Waals surface area contributed by atoms with Crippen LogP contribution in [0.5, 0.6) is 0 Å². The molecule has 0 atom stereocenters. The van der Waals surface area contributed by atoms with Gasteiger partial charge in [0.1, 0.15) is 5.54 Å². The third-order valence-electron chi connectivity index (χ3n) is 3.59. The fourth-order valence-electron chi connectivity index (χ4n) is 2.08. The van der Waals surface area contributed by atoms with Crippen molar-refractivity contribution in [3.05, 3.63) is 29.8 Å². The zero-order chi connectivity index (χ0) is 16.6. The van der Waals surface area contributed by atoms with Gasteiger partial charge >= 0.3 is 0 Å². The predicted molar refractivity (Wildman–Crippen MR) is 85.1 cm³/mol. The molecule has 1 saturated heterocycles. The number of hydrogen-bond donors (Lipinski definition) is 2. The van der Waals surface area contributed by atoms with Gasteiger partial charge in [-0.05, 0) is 38.5 Å². The number of anilines is 1. The number of ether oxygens (including phenoxy) is 1. The Balaban J connectivity index is 2.26. The van der Waals surface area contributed by atoms with Crippen molar-refractivity contribution in [1.29, 1.82) is 0 Å². The Labute approximate surface area is 131 Å². The van der Waals surface area contributed by atoms with E-state index in [1.165, 1.54) is 6.92 Å². The molecular weight excluding hydrogens is 304 g/mol. The largest absolute Gasteiger partial charge is 0.377 e. The second kappa shape index (κ2) is 5.64. The highest BCUT2D eigenvalue weighted by Gasteiger charge is 2.46. The van der Waals surface area contributed by atoms with Crippen molar-refractivity contribution < 1.29 is 17.9 Å². The summed E-state index contributed by atoms with van der Waals surface area (Å²) in [6.07, 6.45) is 0. The first-order valence-electron chi connectivity index (χ1n) is 7.05. The molecule has 1 aromatic carbocycles. The zero-order valence-electron chi connectivity index (χ0n) is 13.3. The van der Waals surface area contributed by atoms with Crippen LogP contribution in [0.2, 0.25) is 0 Å². The maximum Gasteiger partial charge on any atom is 0.221 e. The normalized spacial score (nSPS) is 17.6. The third kappa shape index (κ3) is 3.31. The number of amides is 1. The predicted octanol–water partition coefficient (Wildman–Crippen LogP) is 1.59. The van der Waals surface area contributed by atoms with Crippen molar-refractivity contribution in [3.8, 4) is 0 Å². The molecule has 0 bridgehead atoms. The number of carbonyl (C=O) groups is 1. The monoisotopic (exact) mass is 326 g/mol. The SMILES string of the molecule is CC(=O)Nc1ccc(C2(NS(=O)(=O)C(C)(C)C)COC2)cc1. The van der Waals surface area contributed by atoms with Gasteiger partial charge < -0.3 is 10.1 Å². The van der Waals surface area contributed by atoms with Gasteiger partial charge in [-0.1, -0.05) is 12.1 Å². The maximum absolute atomic E-state index is 12.4. The molecule has 2 N–H and O–H groups in total. The summed E-state index contributed by atoms with van der Waals surface area (Å²) in [5, 5.41) is 2.68. The minimum Gasteiger partial charge on any atom is -0.377 e. The van der Waals surface area contributed by atoms with Crippen LogP contribution in [0, 0.1) is 0 Å². The Kier molecular flexibility index (Phi) is 4.34. The molecule has 0 aromatic heterocycles. The number of hydrogen-bond acceptors (Lipinski definition) is 4. The lowest BCUT2D eigenvalue weighted by molar-refractivity contribution is -0.114. The molecule has 1 heterocycles. The van der Waals surface area contributed by atoms with Gasteiger partial charge in [0.25, 0.3) is 0 Å². The van der Waals surface area contributed by atoms with Crippen LogP contribution in [0.3, 0.4) is 0 Å². The second-order valence-electron chi connectivity index (χ2n) is 6.55. The Bertz CT molecular complexity index is 656. The molecule has 1 amide bonds. The van der Waals surface area contributed by atoms with Crippen molar-refractivity contribution in [2.75, 3.05) is 18.5 Å². The van der Waals surface area contributed by atoms with Crippen molar-refractivity contribution in [2.45, 2.75) is 38.0 Å². The summed E-state index contributed by atoms with van der Waals surface area (Å²) >= 11 is 0. The molecule has 0 saturated carbocycles. The molecular formula is C15H22N2O4S. The average Bonchev–Trinajstić information content (AvgIpc) is 2.33. The first-order chi connectivity index (χ1) is 10.1. The van der Waals surface area contributed by atoms with Gasteiger partial charge in [0.15, 0.2) is 0 Å². The van der Waals surface area contributed by atoms with Gasteiger partial charge in [-0.2, -0.15) is 4.72 Å². The molecule has 6 nitrogen and oxygen atoms in total. The number of carbonyl (C=O) groups excluding carboxylic acids is 1. The quantitative estimate of drug-likeness (QED) is 0.880. The van der Waals surface area contributed by atoms with Crippen LogP contribution in [0.1, 0.15) is 33.3 Å². The van der Waals surface area contributed by atoms with Crippen LogP contribution in [0.15, 0.2) is 24.3 Å². The van der Waals surface area contributed by atoms with E-state index in [0.717, 1.165) is 5.56 Å². The van der Waals surface area contributed by atoms with Crippen LogP contribution < -0.4 is 10.0 Å². The molecule has 122 valence electrons. The van der Waals surface area contributed by atoms with Crippen LogP contribution in [0.25, 0.3) is 0 Å². The van der Waals surface area contributed by atoms with Gasteiger partial charge in [-0.3, -0.25) is 4.79 Å². The number of benzene rings is 1. The molecule has 0 radical (unpaired) electrons. The smallest absolute Gasteiger partial charge is 0.221 e. The van der Waals surface area contributed by atoms with Crippen molar-refractivity contribution >= 4 is 21.6 Å². The van der Waals surface area contributed by atoms with E-state index >= 15 is 0 Å². The lowest BCUT2D eigenvalue weighted by atomic mass is 9.89. The maximum atomic E-state index is 12.4. The van der Waals surface area contributed by atoms with E-state index in [2.05, 4.69) is 10.0 Å². The first-order valence-corrected chi connectivity index (χ1v) is 8.53. The lowest BCUT2D eigenvalue weighted by Gasteiger charge is -2.43. The van der Waals surface area contributed by atoms with Gasteiger partial charge in [-0.15, -0.1) is 0 Å². The molecule has 1 aliphatic rings. The van der Waals surface area contributed by atoms with Crippen LogP contribution in [-0.2, 0) is 25.1 Å². The number of sulfonamides is 1. The molecule has 0 unspecified atom stereocenters. The van der Waals surface area contributed by atoms with E-state index in [0.29, 0.717) is 18.9 Å². The summed E-state index contributed by atoms with van der Waals surface area (Å²) in [6, 6.07) is 7.11. The molecule has 1 aromatic rings. The van der Waals surface area contributed by atoms with Gasteiger partial charge in [-0.25, -0.2) is 8.42 Å². The summed E-state index contributed by atoms with van der Waals surface area (Å²) in [5.41, 5.74) is 0.756. The Morgan fingerprint density at radius 1 is 1.18 bits per heavy atom.